The summed E-state index contributed by atoms with van der Waals surface area (Å²) in [5, 5.41) is 12.2. The van der Waals surface area contributed by atoms with Crippen molar-refractivity contribution >= 4 is 11.7 Å². The number of carboxylic acid groups (broad SMARTS) is 1. The number of hydrogen-bond acceptors (Lipinski definition) is 3. The van der Waals surface area contributed by atoms with Crippen molar-refractivity contribution in [3.8, 4) is 5.75 Å². The molecule has 0 bridgehead atoms. The van der Waals surface area contributed by atoms with Gasteiger partial charge in [0.15, 0.2) is 0 Å². The Kier molecular flexibility index (Phi) is 2.07. The molecular formula is C11H13NO3. The third-order valence-corrected chi connectivity index (χ3v) is 2.31. The molecule has 0 saturated carbocycles. The summed E-state index contributed by atoms with van der Waals surface area (Å²) in [5.41, 5.74) is 0.583. The average Bonchev–Trinajstić information content (AvgIpc) is 2.15. The summed E-state index contributed by atoms with van der Waals surface area (Å²) < 4.78 is 5.50. The summed E-state index contributed by atoms with van der Waals surface area (Å²) in [6, 6.07) is 5.02. The van der Waals surface area contributed by atoms with Gasteiger partial charge in [0, 0.05) is 0 Å². The quantitative estimate of drug-likeness (QED) is 0.739. The minimum absolute atomic E-state index is 0.238. The van der Waals surface area contributed by atoms with Crippen LogP contribution in [0, 0.1) is 0 Å². The molecule has 15 heavy (non-hydrogen) atoms. The highest BCUT2D eigenvalue weighted by Crippen LogP contribution is 2.35. The number of rotatable bonds is 1. The Hall–Kier alpha value is -1.71. The van der Waals surface area contributed by atoms with Gasteiger partial charge in [-0.2, -0.15) is 0 Å². The van der Waals surface area contributed by atoms with Crippen LogP contribution in [0.25, 0.3) is 0 Å². The van der Waals surface area contributed by atoms with Crippen molar-refractivity contribution in [3.63, 3.8) is 0 Å². The fraction of sp³-hybridized carbons (Fsp3) is 0.364. The Balaban J connectivity index is 2.50. The van der Waals surface area contributed by atoms with Gasteiger partial charge in [0.25, 0.3) is 0 Å². The van der Waals surface area contributed by atoms with Gasteiger partial charge in [-0.05, 0) is 26.0 Å². The summed E-state index contributed by atoms with van der Waals surface area (Å²) in [6.45, 7) is 4.46. The molecule has 80 valence electrons. The van der Waals surface area contributed by atoms with Crippen molar-refractivity contribution in [2.75, 3.05) is 11.9 Å². The molecule has 4 heteroatoms. The van der Waals surface area contributed by atoms with Crippen molar-refractivity contribution in [3.05, 3.63) is 23.8 Å². The zero-order valence-electron chi connectivity index (χ0n) is 8.70. The molecule has 0 radical (unpaired) electrons. The normalized spacial score (nSPS) is 17.2. The number of carboxylic acids is 1. The summed E-state index contributed by atoms with van der Waals surface area (Å²) in [7, 11) is 0. The van der Waals surface area contributed by atoms with E-state index in [1.807, 2.05) is 13.8 Å². The average molecular weight is 207 g/mol. The van der Waals surface area contributed by atoms with E-state index in [9.17, 15) is 4.79 Å². The van der Waals surface area contributed by atoms with E-state index in [2.05, 4.69) is 5.32 Å². The lowest BCUT2D eigenvalue weighted by atomic mass is 10.0. The molecule has 0 aromatic heterocycles. The number of anilines is 1. The SMILES string of the molecule is CC1(C)COc2cccc(C(=O)O)c2N1. The second-order valence-electron chi connectivity index (χ2n) is 4.28. The van der Waals surface area contributed by atoms with E-state index < -0.39 is 5.97 Å². The van der Waals surface area contributed by atoms with Crippen molar-refractivity contribution < 1.29 is 14.6 Å². The molecule has 4 nitrogen and oxygen atoms in total. The van der Waals surface area contributed by atoms with Gasteiger partial charge in [-0.3, -0.25) is 0 Å². The van der Waals surface area contributed by atoms with Crippen LogP contribution in [0.4, 0.5) is 5.69 Å². The zero-order valence-corrected chi connectivity index (χ0v) is 8.70. The van der Waals surface area contributed by atoms with Gasteiger partial charge in [-0.25, -0.2) is 4.79 Å². The van der Waals surface area contributed by atoms with Crippen LogP contribution in [0.3, 0.4) is 0 Å². The predicted molar refractivity (Wildman–Crippen MR) is 56.6 cm³/mol. The molecule has 0 amide bonds. The second kappa shape index (κ2) is 3.15. The fourth-order valence-corrected chi connectivity index (χ4v) is 1.59. The number of aromatic carboxylic acids is 1. The van der Waals surface area contributed by atoms with E-state index in [0.29, 0.717) is 18.0 Å². The first-order chi connectivity index (χ1) is 6.99. The molecule has 1 aliphatic heterocycles. The number of hydrogen-bond donors (Lipinski definition) is 2. The number of nitrogens with one attached hydrogen (secondary N) is 1. The van der Waals surface area contributed by atoms with Crippen molar-refractivity contribution in [1.82, 2.24) is 0 Å². The highest BCUT2D eigenvalue weighted by atomic mass is 16.5. The van der Waals surface area contributed by atoms with E-state index >= 15 is 0 Å². The number of para-hydroxylation sites is 1. The van der Waals surface area contributed by atoms with E-state index in [1.165, 1.54) is 0 Å². The highest BCUT2D eigenvalue weighted by Gasteiger charge is 2.28. The zero-order chi connectivity index (χ0) is 11.1. The first-order valence-corrected chi connectivity index (χ1v) is 4.77. The second-order valence-corrected chi connectivity index (χ2v) is 4.28. The van der Waals surface area contributed by atoms with Crippen LogP contribution in [0.1, 0.15) is 24.2 Å². The molecule has 0 unspecified atom stereocenters. The molecule has 0 saturated heterocycles. The Labute approximate surface area is 87.9 Å². The lowest BCUT2D eigenvalue weighted by Crippen LogP contribution is -2.41. The van der Waals surface area contributed by atoms with Crippen LogP contribution in [0.15, 0.2) is 18.2 Å². The van der Waals surface area contributed by atoms with Gasteiger partial charge in [0.05, 0.1) is 16.8 Å². The third-order valence-electron chi connectivity index (χ3n) is 2.31. The molecular weight excluding hydrogens is 194 g/mol. The highest BCUT2D eigenvalue weighted by molar-refractivity contribution is 5.96. The van der Waals surface area contributed by atoms with Crippen LogP contribution >= 0.6 is 0 Å². The van der Waals surface area contributed by atoms with E-state index in [1.54, 1.807) is 18.2 Å². The predicted octanol–water partition coefficient (Wildman–Crippen LogP) is 1.97. The Morgan fingerprint density at radius 1 is 1.53 bits per heavy atom. The maximum Gasteiger partial charge on any atom is 0.337 e. The van der Waals surface area contributed by atoms with Gasteiger partial charge in [0.1, 0.15) is 12.4 Å². The molecule has 1 aromatic rings. The summed E-state index contributed by atoms with van der Waals surface area (Å²) in [5.74, 6) is -0.338. The molecule has 1 aliphatic rings. The molecule has 1 aromatic carbocycles. The minimum atomic E-state index is -0.944. The maximum atomic E-state index is 11.0. The van der Waals surface area contributed by atoms with Gasteiger partial charge < -0.3 is 15.2 Å². The van der Waals surface area contributed by atoms with Crippen LogP contribution in [-0.4, -0.2) is 23.2 Å². The first-order valence-electron chi connectivity index (χ1n) is 4.77. The maximum absolute atomic E-state index is 11.0. The van der Waals surface area contributed by atoms with E-state index in [-0.39, 0.29) is 11.1 Å². The number of benzene rings is 1. The summed E-state index contributed by atoms with van der Waals surface area (Å²) >= 11 is 0. The van der Waals surface area contributed by atoms with Crippen LogP contribution in [-0.2, 0) is 0 Å². The largest absolute Gasteiger partial charge is 0.489 e. The molecule has 0 spiro atoms. The topological polar surface area (TPSA) is 58.6 Å². The van der Waals surface area contributed by atoms with Crippen LogP contribution in [0.2, 0.25) is 0 Å². The lowest BCUT2D eigenvalue weighted by Gasteiger charge is -2.34. The van der Waals surface area contributed by atoms with Crippen molar-refractivity contribution in [2.45, 2.75) is 19.4 Å². The van der Waals surface area contributed by atoms with Gasteiger partial charge in [-0.1, -0.05) is 6.07 Å². The van der Waals surface area contributed by atoms with E-state index in [0.717, 1.165) is 0 Å². The van der Waals surface area contributed by atoms with Crippen LogP contribution in [0.5, 0.6) is 5.75 Å². The molecule has 1 heterocycles. The molecule has 2 rings (SSSR count). The summed E-state index contributed by atoms with van der Waals surface area (Å²) in [4.78, 5) is 11.0. The molecule has 2 N–H and O–H groups in total. The standard InChI is InChI=1S/C11H13NO3/c1-11(2)6-15-8-5-3-4-7(10(13)14)9(8)12-11/h3-5,12H,6H2,1-2H3,(H,13,14). The monoisotopic (exact) mass is 207 g/mol. The molecule has 0 atom stereocenters. The van der Waals surface area contributed by atoms with Gasteiger partial charge in [0.2, 0.25) is 0 Å². The lowest BCUT2D eigenvalue weighted by molar-refractivity contribution is 0.0697. The molecule has 0 fully saturated rings. The van der Waals surface area contributed by atoms with Gasteiger partial charge in [-0.15, -0.1) is 0 Å². The Morgan fingerprint density at radius 3 is 2.93 bits per heavy atom. The first kappa shape index (κ1) is 9.83. The van der Waals surface area contributed by atoms with Gasteiger partial charge >= 0.3 is 5.97 Å². The minimum Gasteiger partial charge on any atom is -0.489 e. The molecule has 0 aliphatic carbocycles. The third kappa shape index (κ3) is 1.75. The number of fused-ring (bicyclic) bond motifs is 1. The Bertz CT molecular complexity index is 412. The Morgan fingerprint density at radius 2 is 2.27 bits per heavy atom. The van der Waals surface area contributed by atoms with E-state index in [4.69, 9.17) is 9.84 Å². The fourth-order valence-electron chi connectivity index (χ4n) is 1.59. The van der Waals surface area contributed by atoms with Crippen LogP contribution < -0.4 is 10.1 Å². The van der Waals surface area contributed by atoms with Crippen molar-refractivity contribution in [1.29, 1.82) is 0 Å². The number of ether oxygens (including phenoxy) is 1. The summed E-state index contributed by atoms with van der Waals surface area (Å²) in [6.07, 6.45) is 0. The smallest absolute Gasteiger partial charge is 0.337 e. The number of carbonyl (C=O) groups is 1. The van der Waals surface area contributed by atoms with Crippen molar-refractivity contribution in [2.24, 2.45) is 0 Å².